The van der Waals surface area contributed by atoms with E-state index in [4.69, 9.17) is 9.47 Å². The van der Waals surface area contributed by atoms with E-state index >= 15 is 0 Å². The van der Waals surface area contributed by atoms with Crippen LogP contribution in [0.2, 0.25) is 0 Å². The first-order valence-electron chi connectivity index (χ1n) is 8.30. The number of hydrogen-bond donors (Lipinski definition) is 0. The number of cyclic esters (lactones) is 1. The summed E-state index contributed by atoms with van der Waals surface area (Å²) in [5.74, 6) is -0.218. The van der Waals surface area contributed by atoms with Gasteiger partial charge in [0.2, 0.25) is 0 Å². The van der Waals surface area contributed by atoms with Crippen LogP contribution in [0.15, 0.2) is 28.7 Å². The van der Waals surface area contributed by atoms with Crippen LogP contribution in [-0.4, -0.2) is 31.3 Å². The summed E-state index contributed by atoms with van der Waals surface area (Å²) in [4.78, 5) is 26.1. The summed E-state index contributed by atoms with van der Waals surface area (Å²) in [6.07, 6.45) is 1.36. The SMILES string of the molecule is CCCC(C)(CC1CN(c2ccc(Br)cc2)C(=O)O1)C(=O)OCC. The molecule has 0 aromatic heterocycles. The second kappa shape index (κ2) is 8.01. The molecule has 0 radical (unpaired) electrons. The molecule has 1 saturated heterocycles. The monoisotopic (exact) mass is 397 g/mol. The average Bonchev–Trinajstić information content (AvgIpc) is 2.88. The summed E-state index contributed by atoms with van der Waals surface area (Å²) in [6, 6.07) is 7.50. The zero-order valence-corrected chi connectivity index (χ0v) is 16.0. The van der Waals surface area contributed by atoms with Gasteiger partial charge in [-0.05, 0) is 44.5 Å². The van der Waals surface area contributed by atoms with E-state index in [1.165, 1.54) is 0 Å². The Labute approximate surface area is 151 Å². The van der Waals surface area contributed by atoms with Gasteiger partial charge in [-0.15, -0.1) is 0 Å². The van der Waals surface area contributed by atoms with E-state index < -0.39 is 5.41 Å². The Balaban J connectivity index is 2.08. The molecule has 1 aromatic rings. The smallest absolute Gasteiger partial charge is 0.414 e. The number of amides is 1. The molecule has 1 heterocycles. The Morgan fingerprint density at radius 3 is 2.62 bits per heavy atom. The summed E-state index contributed by atoms with van der Waals surface area (Å²) >= 11 is 3.38. The summed E-state index contributed by atoms with van der Waals surface area (Å²) in [6.45, 7) is 6.53. The van der Waals surface area contributed by atoms with E-state index in [1.54, 1.807) is 11.8 Å². The largest absolute Gasteiger partial charge is 0.466 e. The van der Waals surface area contributed by atoms with Crippen LogP contribution in [-0.2, 0) is 14.3 Å². The highest BCUT2D eigenvalue weighted by Gasteiger charge is 2.41. The van der Waals surface area contributed by atoms with Crippen molar-refractivity contribution in [1.82, 2.24) is 0 Å². The molecule has 1 aliphatic rings. The van der Waals surface area contributed by atoms with Crippen molar-refractivity contribution in [2.24, 2.45) is 5.41 Å². The molecule has 132 valence electrons. The number of esters is 1. The van der Waals surface area contributed by atoms with Crippen molar-refractivity contribution < 1.29 is 19.1 Å². The second-order valence-corrected chi connectivity index (χ2v) is 7.24. The molecular formula is C18H24BrNO4. The summed E-state index contributed by atoms with van der Waals surface area (Å²) in [5.41, 5.74) is 0.157. The van der Waals surface area contributed by atoms with Gasteiger partial charge in [-0.1, -0.05) is 29.3 Å². The fourth-order valence-corrected chi connectivity index (χ4v) is 3.37. The number of halogens is 1. The lowest BCUT2D eigenvalue weighted by molar-refractivity contribution is -0.156. The van der Waals surface area contributed by atoms with E-state index in [0.717, 1.165) is 16.6 Å². The van der Waals surface area contributed by atoms with Gasteiger partial charge < -0.3 is 9.47 Å². The Kier molecular flexibility index (Phi) is 6.27. The summed E-state index contributed by atoms with van der Waals surface area (Å²) in [5, 5.41) is 0. The number of hydrogen-bond acceptors (Lipinski definition) is 4. The van der Waals surface area contributed by atoms with Crippen LogP contribution in [0.25, 0.3) is 0 Å². The molecule has 2 atom stereocenters. The van der Waals surface area contributed by atoms with Crippen LogP contribution < -0.4 is 4.90 Å². The van der Waals surface area contributed by atoms with Crippen LogP contribution in [0, 0.1) is 5.41 Å². The summed E-state index contributed by atoms with van der Waals surface area (Å²) in [7, 11) is 0. The Bertz CT molecular complexity index is 589. The number of carbonyl (C=O) groups excluding carboxylic acids is 2. The van der Waals surface area contributed by atoms with Gasteiger partial charge in [0.15, 0.2) is 0 Å². The fourth-order valence-electron chi connectivity index (χ4n) is 3.11. The first kappa shape index (κ1) is 18.8. The Morgan fingerprint density at radius 2 is 2.04 bits per heavy atom. The molecule has 0 bridgehead atoms. The van der Waals surface area contributed by atoms with E-state index in [9.17, 15) is 9.59 Å². The van der Waals surface area contributed by atoms with E-state index in [-0.39, 0.29) is 18.2 Å². The molecule has 1 amide bonds. The lowest BCUT2D eigenvalue weighted by Crippen LogP contribution is -2.35. The molecule has 5 nitrogen and oxygen atoms in total. The molecule has 0 N–H and O–H groups in total. The van der Waals surface area contributed by atoms with Crippen LogP contribution >= 0.6 is 15.9 Å². The quantitative estimate of drug-likeness (QED) is 0.633. The molecule has 6 heteroatoms. The fraction of sp³-hybridized carbons (Fsp3) is 0.556. The van der Waals surface area contributed by atoms with Gasteiger partial charge in [-0.25, -0.2) is 4.79 Å². The first-order valence-corrected chi connectivity index (χ1v) is 9.10. The molecular weight excluding hydrogens is 374 g/mol. The maximum Gasteiger partial charge on any atom is 0.414 e. The molecule has 0 aliphatic carbocycles. The van der Waals surface area contributed by atoms with Crippen molar-refractivity contribution in [1.29, 1.82) is 0 Å². The second-order valence-electron chi connectivity index (χ2n) is 6.33. The molecule has 1 aromatic carbocycles. The minimum Gasteiger partial charge on any atom is -0.466 e. The van der Waals surface area contributed by atoms with Crippen molar-refractivity contribution in [3.63, 3.8) is 0 Å². The van der Waals surface area contributed by atoms with Crippen LogP contribution in [0.5, 0.6) is 0 Å². The maximum atomic E-state index is 12.3. The number of benzene rings is 1. The van der Waals surface area contributed by atoms with Crippen molar-refractivity contribution in [3.05, 3.63) is 28.7 Å². The Morgan fingerprint density at radius 1 is 1.38 bits per heavy atom. The molecule has 24 heavy (non-hydrogen) atoms. The summed E-state index contributed by atoms with van der Waals surface area (Å²) < 4.78 is 11.7. The van der Waals surface area contributed by atoms with Gasteiger partial charge in [0, 0.05) is 16.6 Å². The molecule has 0 spiro atoms. The van der Waals surface area contributed by atoms with E-state index in [2.05, 4.69) is 15.9 Å². The van der Waals surface area contributed by atoms with Gasteiger partial charge in [0.05, 0.1) is 18.6 Å². The lowest BCUT2D eigenvalue weighted by Gasteiger charge is -2.28. The maximum absolute atomic E-state index is 12.3. The standard InChI is InChI=1S/C18H24BrNO4/c1-4-10-18(3,16(21)23-5-2)11-15-12-20(17(22)24-15)14-8-6-13(19)7-9-14/h6-9,15H,4-5,10-12H2,1-3H3. The molecule has 2 unspecified atom stereocenters. The first-order chi connectivity index (χ1) is 11.4. The van der Waals surface area contributed by atoms with Crippen molar-refractivity contribution in [3.8, 4) is 0 Å². The number of nitrogens with zero attached hydrogens (tertiary/aromatic N) is 1. The van der Waals surface area contributed by atoms with Crippen molar-refractivity contribution in [2.75, 3.05) is 18.1 Å². The Hall–Kier alpha value is -1.56. The third-order valence-corrected chi connectivity index (χ3v) is 4.79. The van der Waals surface area contributed by atoms with Gasteiger partial charge in [0.1, 0.15) is 6.10 Å². The van der Waals surface area contributed by atoms with Gasteiger partial charge in [0.25, 0.3) is 0 Å². The zero-order chi connectivity index (χ0) is 17.7. The minimum atomic E-state index is -0.633. The van der Waals surface area contributed by atoms with Crippen molar-refractivity contribution >= 4 is 33.7 Å². The molecule has 1 aliphatic heterocycles. The highest BCUT2D eigenvalue weighted by Crippen LogP contribution is 2.35. The third kappa shape index (κ3) is 4.29. The lowest BCUT2D eigenvalue weighted by atomic mass is 9.80. The van der Waals surface area contributed by atoms with E-state index in [1.807, 2.05) is 38.1 Å². The van der Waals surface area contributed by atoms with Gasteiger partial charge >= 0.3 is 12.1 Å². The normalized spacial score (nSPS) is 19.8. The predicted octanol–water partition coefficient (Wildman–Crippen LogP) is 4.53. The number of rotatable bonds is 7. The highest BCUT2D eigenvalue weighted by atomic mass is 79.9. The molecule has 0 saturated carbocycles. The molecule has 2 rings (SSSR count). The van der Waals surface area contributed by atoms with Crippen LogP contribution in [0.3, 0.4) is 0 Å². The topological polar surface area (TPSA) is 55.8 Å². The molecule has 1 fully saturated rings. The van der Waals surface area contributed by atoms with Crippen molar-refractivity contribution in [2.45, 2.75) is 46.1 Å². The van der Waals surface area contributed by atoms with Gasteiger partial charge in [-0.3, -0.25) is 9.69 Å². The van der Waals surface area contributed by atoms with Gasteiger partial charge in [-0.2, -0.15) is 0 Å². The van der Waals surface area contributed by atoms with Crippen LogP contribution in [0.4, 0.5) is 10.5 Å². The zero-order valence-electron chi connectivity index (χ0n) is 14.4. The van der Waals surface area contributed by atoms with Crippen LogP contribution in [0.1, 0.15) is 40.0 Å². The van der Waals surface area contributed by atoms with E-state index in [0.29, 0.717) is 26.0 Å². The highest BCUT2D eigenvalue weighted by molar-refractivity contribution is 9.10. The average molecular weight is 398 g/mol. The minimum absolute atomic E-state index is 0.218. The third-order valence-electron chi connectivity index (χ3n) is 4.26. The number of ether oxygens (including phenoxy) is 2. The number of anilines is 1. The predicted molar refractivity (Wildman–Crippen MR) is 96.0 cm³/mol. The number of carbonyl (C=O) groups is 2.